The van der Waals surface area contributed by atoms with Crippen LogP contribution in [-0.4, -0.2) is 16.5 Å². The molecule has 0 atom stereocenters. The van der Waals surface area contributed by atoms with Crippen molar-refractivity contribution in [3.63, 3.8) is 0 Å². The van der Waals surface area contributed by atoms with Crippen LogP contribution in [0.15, 0.2) is 24.3 Å². The summed E-state index contributed by atoms with van der Waals surface area (Å²) in [6.45, 7) is 3.24. The predicted octanol–water partition coefficient (Wildman–Crippen LogP) is 1.52. The second kappa shape index (κ2) is 4.23. The lowest BCUT2D eigenvalue weighted by atomic mass is 10.2. The number of aromatic nitrogens is 2. The smallest absolute Gasteiger partial charge is 0.144 e. The highest BCUT2D eigenvalue weighted by molar-refractivity contribution is 5.88. The summed E-state index contributed by atoms with van der Waals surface area (Å²) >= 11 is 0. The Balaban J connectivity index is 2.63. The summed E-state index contributed by atoms with van der Waals surface area (Å²) in [5.41, 5.74) is 6.49. The lowest BCUT2D eigenvalue weighted by molar-refractivity contribution is 0.924. The van der Waals surface area contributed by atoms with Crippen LogP contribution in [0, 0.1) is 0 Å². The number of fused-ring (bicyclic) bond motifs is 1. The molecule has 1 aromatic carbocycles. The number of nitrogens with zero attached hydrogens (tertiary/aromatic N) is 2. The maximum atomic E-state index is 5.55. The maximum Gasteiger partial charge on any atom is 0.144 e. The Morgan fingerprint density at radius 1 is 1.27 bits per heavy atom. The molecule has 4 nitrogen and oxygen atoms in total. The summed E-state index contributed by atoms with van der Waals surface area (Å²) < 4.78 is 0. The first-order chi connectivity index (χ1) is 7.35. The van der Waals surface area contributed by atoms with Crippen LogP contribution in [0.4, 0.5) is 5.82 Å². The minimum absolute atomic E-state index is 0.364. The molecule has 0 amide bonds. The molecule has 2 rings (SSSR count). The summed E-state index contributed by atoms with van der Waals surface area (Å²) in [7, 11) is 0. The lowest BCUT2D eigenvalue weighted by Gasteiger charge is -2.08. The Kier molecular flexibility index (Phi) is 2.78. The molecular formula is C11H14N4. The van der Waals surface area contributed by atoms with Gasteiger partial charge in [-0.1, -0.05) is 12.1 Å². The van der Waals surface area contributed by atoms with Gasteiger partial charge in [0.1, 0.15) is 11.6 Å². The minimum atomic E-state index is 0.364. The van der Waals surface area contributed by atoms with Gasteiger partial charge in [-0.05, 0) is 19.1 Å². The van der Waals surface area contributed by atoms with Crippen molar-refractivity contribution in [2.45, 2.75) is 13.5 Å². The van der Waals surface area contributed by atoms with Gasteiger partial charge in [0.05, 0.1) is 12.1 Å². The van der Waals surface area contributed by atoms with E-state index in [1.807, 2.05) is 31.2 Å². The van der Waals surface area contributed by atoms with Crippen molar-refractivity contribution >= 4 is 16.7 Å². The van der Waals surface area contributed by atoms with E-state index in [-0.39, 0.29) is 0 Å². The van der Waals surface area contributed by atoms with Gasteiger partial charge in [-0.15, -0.1) is 0 Å². The van der Waals surface area contributed by atoms with E-state index in [9.17, 15) is 0 Å². The van der Waals surface area contributed by atoms with Crippen molar-refractivity contribution in [1.82, 2.24) is 9.97 Å². The molecule has 1 aromatic heterocycles. The highest BCUT2D eigenvalue weighted by Crippen LogP contribution is 2.19. The van der Waals surface area contributed by atoms with E-state index in [1.54, 1.807) is 0 Å². The van der Waals surface area contributed by atoms with E-state index in [1.165, 1.54) is 0 Å². The summed E-state index contributed by atoms with van der Waals surface area (Å²) in [4.78, 5) is 8.72. The first-order valence-electron chi connectivity index (χ1n) is 5.04. The van der Waals surface area contributed by atoms with Gasteiger partial charge in [-0.3, -0.25) is 0 Å². The SMILES string of the molecule is CCNc1nc(CN)nc2ccccc12. The van der Waals surface area contributed by atoms with Crippen molar-refractivity contribution in [3.05, 3.63) is 30.1 Å². The average Bonchev–Trinajstić information content (AvgIpc) is 2.29. The number of anilines is 1. The first-order valence-corrected chi connectivity index (χ1v) is 5.04. The zero-order valence-corrected chi connectivity index (χ0v) is 8.70. The topological polar surface area (TPSA) is 63.8 Å². The molecule has 2 aromatic rings. The zero-order valence-electron chi connectivity index (χ0n) is 8.70. The van der Waals surface area contributed by atoms with Gasteiger partial charge >= 0.3 is 0 Å². The van der Waals surface area contributed by atoms with Crippen LogP contribution in [0.1, 0.15) is 12.7 Å². The van der Waals surface area contributed by atoms with E-state index < -0.39 is 0 Å². The number of hydrogen-bond acceptors (Lipinski definition) is 4. The summed E-state index contributed by atoms with van der Waals surface area (Å²) in [5, 5.41) is 4.26. The van der Waals surface area contributed by atoms with Crippen molar-refractivity contribution in [2.24, 2.45) is 5.73 Å². The fraction of sp³-hybridized carbons (Fsp3) is 0.273. The van der Waals surface area contributed by atoms with Crippen LogP contribution in [-0.2, 0) is 6.54 Å². The van der Waals surface area contributed by atoms with Crippen molar-refractivity contribution in [1.29, 1.82) is 0 Å². The fourth-order valence-corrected chi connectivity index (χ4v) is 1.52. The second-order valence-corrected chi connectivity index (χ2v) is 3.24. The quantitative estimate of drug-likeness (QED) is 0.792. The Morgan fingerprint density at radius 3 is 2.80 bits per heavy atom. The highest BCUT2D eigenvalue weighted by Gasteiger charge is 2.04. The average molecular weight is 202 g/mol. The van der Waals surface area contributed by atoms with E-state index >= 15 is 0 Å². The van der Waals surface area contributed by atoms with Crippen LogP contribution in [0.5, 0.6) is 0 Å². The lowest BCUT2D eigenvalue weighted by Crippen LogP contribution is -2.07. The summed E-state index contributed by atoms with van der Waals surface area (Å²) in [6, 6.07) is 7.92. The molecule has 0 unspecified atom stereocenters. The Bertz CT molecular complexity index is 467. The Labute approximate surface area is 88.5 Å². The number of rotatable bonds is 3. The van der Waals surface area contributed by atoms with Gasteiger partial charge in [-0.25, -0.2) is 9.97 Å². The normalized spacial score (nSPS) is 10.5. The van der Waals surface area contributed by atoms with Gasteiger partial charge in [0.25, 0.3) is 0 Å². The molecular weight excluding hydrogens is 188 g/mol. The van der Waals surface area contributed by atoms with Gasteiger partial charge in [0.15, 0.2) is 0 Å². The van der Waals surface area contributed by atoms with Gasteiger partial charge in [0.2, 0.25) is 0 Å². The maximum absolute atomic E-state index is 5.55. The van der Waals surface area contributed by atoms with E-state index in [0.717, 1.165) is 23.3 Å². The molecule has 0 radical (unpaired) electrons. The molecule has 0 saturated heterocycles. The molecule has 0 fully saturated rings. The molecule has 3 N–H and O–H groups in total. The largest absolute Gasteiger partial charge is 0.370 e. The highest BCUT2D eigenvalue weighted by atomic mass is 15.0. The Morgan fingerprint density at radius 2 is 2.07 bits per heavy atom. The third kappa shape index (κ3) is 1.89. The fourth-order valence-electron chi connectivity index (χ4n) is 1.52. The summed E-state index contributed by atoms with van der Waals surface area (Å²) in [5.74, 6) is 1.54. The van der Waals surface area contributed by atoms with Crippen molar-refractivity contribution in [3.8, 4) is 0 Å². The van der Waals surface area contributed by atoms with Crippen LogP contribution in [0.3, 0.4) is 0 Å². The summed E-state index contributed by atoms with van der Waals surface area (Å²) in [6.07, 6.45) is 0. The van der Waals surface area contributed by atoms with Gasteiger partial charge in [-0.2, -0.15) is 0 Å². The number of benzene rings is 1. The molecule has 0 aliphatic rings. The van der Waals surface area contributed by atoms with E-state index in [4.69, 9.17) is 5.73 Å². The van der Waals surface area contributed by atoms with Crippen molar-refractivity contribution in [2.75, 3.05) is 11.9 Å². The second-order valence-electron chi connectivity index (χ2n) is 3.24. The molecule has 4 heteroatoms. The first kappa shape index (κ1) is 9.86. The van der Waals surface area contributed by atoms with E-state index in [0.29, 0.717) is 12.4 Å². The third-order valence-corrected chi connectivity index (χ3v) is 2.18. The molecule has 78 valence electrons. The number of nitrogens with two attached hydrogens (primary N) is 1. The number of nitrogens with one attached hydrogen (secondary N) is 1. The molecule has 1 heterocycles. The van der Waals surface area contributed by atoms with Gasteiger partial charge < -0.3 is 11.1 Å². The van der Waals surface area contributed by atoms with E-state index in [2.05, 4.69) is 15.3 Å². The molecule has 0 bridgehead atoms. The van der Waals surface area contributed by atoms with Crippen LogP contribution in [0.2, 0.25) is 0 Å². The number of hydrogen-bond donors (Lipinski definition) is 2. The van der Waals surface area contributed by atoms with Crippen molar-refractivity contribution < 1.29 is 0 Å². The minimum Gasteiger partial charge on any atom is -0.370 e. The van der Waals surface area contributed by atoms with Crippen LogP contribution < -0.4 is 11.1 Å². The molecule has 0 saturated carbocycles. The zero-order chi connectivity index (χ0) is 10.7. The standard InChI is InChI=1S/C11H14N4/c1-2-13-11-8-5-3-4-6-9(8)14-10(7-12)15-11/h3-6H,2,7,12H2,1H3,(H,13,14,15). The monoisotopic (exact) mass is 202 g/mol. The van der Waals surface area contributed by atoms with Crippen LogP contribution in [0.25, 0.3) is 10.9 Å². The molecule has 0 aliphatic heterocycles. The molecule has 15 heavy (non-hydrogen) atoms. The van der Waals surface area contributed by atoms with Gasteiger partial charge in [0, 0.05) is 11.9 Å². The third-order valence-electron chi connectivity index (χ3n) is 2.18. The molecule has 0 aliphatic carbocycles. The Hall–Kier alpha value is -1.68. The molecule has 0 spiro atoms. The van der Waals surface area contributed by atoms with Crippen LogP contribution >= 0.6 is 0 Å². The number of para-hydroxylation sites is 1. The predicted molar refractivity (Wildman–Crippen MR) is 61.6 cm³/mol.